The molecule has 6 heteroatoms. The van der Waals surface area contributed by atoms with Crippen LogP contribution in [0.4, 0.5) is 0 Å². The Morgan fingerprint density at radius 3 is 2.28 bits per heavy atom. The summed E-state index contributed by atoms with van der Waals surface area (Å²) in [5, 5.41) is 0. The summed E-state index contributed by atoms with van der Waals surface area (Å²) in [6.45, 7) is 9.29. The Balaban J connectivity index is 2.01. The van der Waals surface area contributed by atoms with E-state index >= 15 is 0 Å². The number of carbonyl (C=O) groups excluding carboxylic acids is 2. The van der Waals surface area contributed by atoms with Crippen LogP contribution in [0.5, 0.6) is 5.75 Å². The Bertz CT molecular complexity index is 967. The molecular formula is C26H31NO4S. The van der Waals surface area contributed by atoms with Crippen LogP contribution >= 0.6 is 11.8 Å². The van der Waals surface area contributed by atoms with Crippen molar-refractivity contribution in [3.8, 4) is 5.75 Å². The number of hydrogen-bond acceptors (Lipinski definition) is 5. The number of nitrogens with zero attached hydrogens (tertiary/aromatic N) is 1. The molecule has 0 atom stereocenters. The van der Waals surface area contributed by atoms with Gasteiger partial charge < -0.3 is 14.4 Å². The van der Waals surface area contributed by atoms with Crippen molar-refractivity contribution in [2.45, 2.75) is 39.5 Å². The molecule has 32 heavy (non-hydrogen) atoms. The highest BCUT2D eigenvalue weighted by Crippen LogP contribution is 2.38. The molecule has 0 bridgehead atoms. The van der Waals surface area contributed by atoms with Crippen molar-refractivity contribution in [1.82, 2.24) is 4.90 Å². The Hall–Kier alpha value is -2.57. The second kappa shape index (κ2) is 10.8. The summed E-state index contributed by atoms with van der Waals surface area (Å²) in [6, 6.07) is 13.1. The lowest BCUT2D eigenvalue weighted by molar-refractivity contribution is -0.130. The van der Waals surface area contributed by atoms with Gasteiger partial charge in [0.15, 0.2) is 0 Å². The number of ether oxygens (including phenoxy) is 2. The van der Waals surface area contributed by atoms with Crippen LogP contribution in [0.3, 0.4) is 0 Å². The van der Waals surface area contributed by atoms with Gasteiger partial charge in [-0.15, -0.1) is 11.8 Å². The van der Waals surface area contributed by atoms with Crippen molar-refractivity contribution in [2.24, 2.45) is 0 Å². The van der Waals surface area contributed by atoms with Crippen molar-refractivity contribution in [1.29, 1.82) is 0 Å². The molecule has 0 saturated carbocycles. The number of carbonyl (C=O) groups is 2. The molecule has 1 saturated heterocycles. The molecule has 2 aromatic rings. The van der Waals surface area contributed by atoms with E-state index in [0.717, 1.165) is 22.4 Å². The highest BCUT2D eigenvalue weighted by Gasteiger charge is 2.25. The molecule has 170 valence electrons. The zero-order valence-electron chi connectivity index (χ0n) is 19.4. The molecule has 0 unspecified atom stereocenters. The van der Waals surface area contributed by atoms with Gasteiger partial charge in [0.05, 0.1) is 10.5 Å². The predicted molar refractivity (Wildman–Crippen MR) is 130 cm³/mol. The van der Waals surface area contributed by atoms with Gasteiger partial charge >= 0.3 is 5.97 Å². The fourth-order valence-electron chi connectivity index (χ4n) is 3.60. The van der Waals surface area contributed by atoms with E-state index in [4.69, 9.17) is 9.47 Å². The third kappa shape index (κ3) is 5.61. The third-order valence-corrected chi connectivity index (χ3v) is 6.31. The average molecular weight is 454 g/mol. The maximum absolute atomic E-state index is 12.8. The Morgan fingerprint density at radius 2 is 1.72 bits per heavy atom. The highest BCUT2D eigenvalue weighted by atomic mass is 32.2. The molecule has 2 aromatic carbocycles. The average Bonchev–Trinajstić information content (AvgIpc) is 2.77. The van der Waals surface area contributed by atoms with E-state index in [1.165, 1.54) is 0 Å². The van der Waals surface area contributed by atoms with Gasteiger partial charge in [-0.05, 0) is 58.9 Å². The second-order valence-electron chi connectivity index (χ2n) is 8.44. The topological polar surface area (TPSA) is 55.8 Å². The summed E-state index contributed by atoms with van der Waals surface area (Å²) in [6.07, 6.45) is 1.94. The number of rotatable bonds is 7. The summed E-state index contributed by atoms with van der Waals surface area (Å²) in [5.41, 5.74) is 3.36. The Morgan fingerprint density at radius 1 is 1.09 bits per heavy atom. The molecule has 0 N–H and O–H groups in total. The lowest BCUT2D eigenvalue weighted by Crippen LogP contribution is -2.38. The van der Waals surface area contributed by atoms with E-state index < -0.39 is 0 Å². The normalized spacial score (nSPS) is 15.7. The van der Waals surface area contributed by atoms with E-state index in [9.17, 15) is 9.59 Å². The van der Waals surface area contributed by atoms with Gasteiger partial charge in [-0.1, -0.05) is 45.9 Å². The zero-order valence-corrected chi connectivity index (χ0v) is 20.2. The summed E-state index contributed by atoms with van der Waals surface area (Å²) < 4.78 is 11.1. The van der Waals surface area contributed by atoms with Crippen LogP contribution in [0.2, 0.25) is 0 Å². The number of thioether (sulfide) groups is 1. The van der Waals surface area contributed by atoms with E-state index in [0.29, 0.717) is 29.5 Å². The maximum Gasteiger partial charge on any atom is 0.343 e. The first-order valence-electron chi connectivity index (χ1n) is 10.9. The van der Waals surface area contributed by atoms with E-state index in [2.05, 4.69) is 27.7 Å². The van der Waals surface area contributed by atoms with Gasteiger partial charge in [-0.25, -0.2) is 4.79 Å². The molecule has 1 aliphatic heterocycles. The first-order chi connectivity index (χ1) is 15.3. The van der Waals surface area contributed by atoms with Crippen LogP contribution in [0.1, 0.15) is 66.6 Å². The summed E-state index contributed by atoms with van der Waals surface area (Å²) in [7, 11) is 1.59. The summed E-state index contributed by atoms with van der Waals surface area (Å²) >= 11 is 1.57. The van der Waals surface area contributed by atoms with Crippen molar-refractivity contribution in [3.05, 3.63) is 69.6 Å². The lowest BCUT2D eigenvalue weighted by Gasteiger charge is -2.27. The Kier molecular flexibility index (Phi) is 8.15. The van der Waals surface area contributed by atoms with E-state index in [1.54, 1.807) is 35.9 Å². The van der Waals surface area contributed by atoms with Crippen molar-refractivity contribution in [3.63, 3.8) is 0 Å². The quantitative estimate of drug-likeness (QED) is 0.307. The zero-order chi connectivity index (χ0) is 23.3. The first kappa shape index (κ1) is 24.1. The minimum absolute atomic E-state index is 0.0140. The molecule has 0 radical (unpaired) electrons. The molecule has 0 spiro atoms. The lowest BCUT2D eigenvalue weighted by atomic mass is 9.91. The van der Waals surface area contributed by atoms with Gasteiger partial charge in [0.1, 0.15) is 12.5 Å². The van der Waals surface area contributed by atoms with Crippen LogP contribution in [0.15, 0.2) is 47.4 Å². The molecule has 0 aliphatic carbocycles. The molecule has 0 aromatic heterocycles. The summed E-state index contributed by atoms with van der Waals surface area (Å²) in [5.74, 6) is 1.36. The van der Waals surface area contributed by atoms with E-state index in [-0.39, 0.29) is 23.7 Å². The number of hydrogen-bond donors (Lipinski definition) is 0. The van der Waals surface area contributed by atoms with Gasteiger partial charge in [0.2, 0.25) is 0 Å². The van der Waals surface area contributed by atoms with Crippen molar-refractivity contribution >= 4 is 29.7 Å². The van der Waals surface area contributed by atoms with Crippen LogP contribution in [0, 0.1) is 0 Å². The largest absolute Gasteiger partial charge is 0.422 e. The third-order valence-electron chi connectivity index (χ3n) is 5.32. The molecule has 5 nitrogen and oxygen atoms in total. The van der Waals surface area contributed by atoms with Crippen molar-refractivity contribution in [2.75, 3.05) is 26.1 Å². The molecule has 1 heterocycles. The predicted octanol–water partition coefficient (Wildman–Crippen LogP) is 5.67. The Labute approximate surface area is 194 Å². The van der Waals surface area contributed by atoms with Crippen molar-refractivity contribution < 1.29 is 19.1 Å². The standard InChI is InChI=1S/C26H31NO4S/c1-17(2)21-13-19(15-23-25(28)27(16-30-5)11-12-32-23)14-22(18(3)4)24(21)31-26(29)20-9-7-6-8-10-20/h6-10,13-15,17-18H,11-12,16H2,1-5H3/b23-15+. The van der Waals surface area contributed by atoms with Gasteiger partial charge in [0, 0.05) is 19.4 Å². The number of benzene rings is 2. The van der Waals surface area contributed by atoms with E-state index in [1.807, 2.05) is 36.4 Å². The smallest absolute Gasteiger partial charge is 0.343 e. The molecule has 3 rings (SSSR count). The monoisotopic (exact) mass is 453 g/mol. The number of amides is 1. The number of esters is 1. The fraction of sp³-hybridized carbons (Fsp3) is 0.385. The molecular weight excluding hydrogens is 422 g/mol. The number of methoxy groups -OCH3 is 1. The fourth-order valence-corrected chi connectivity index (χ4v) is 4.61. The molecule has 1 aliphatic rings. The van der Waals surface area contributed by atoms with Gasteiger partial charge in [-0.2, -0.15) is 0 Å². The van der Waals surface area contributed by atoms with Crippen LogP contribution < -0.4 is 4.74 Å². The van der Waals surface area contributed by atoms with Crippen LogP contribution in [0.25, 0.3) is 6.08 Å². The SMILES string of the molecule is COCN1CCS/C(=C/c2cc(C(C)C)c(OC(=O)c3ccccc3)c(C(C)C)c2)C1=O. The van der Waals surface area contributed by atoms with Crippen LogP contribution in [-0.2, 0) is 9.53 Å². The van der Waals surface area contributed by atoms with Gasteiger partial charge in [0.25, 0.3) is 5.91 Å². The molecule has 1 amide bonds. The maximum atomic E-state index is 12.8. The minimum Gasteiger partial charge on any atom is -0.422 e. The highest BCUT2D eigenvalue weighted by molar-refractivity contribution is 8.04. The second-order valence-corrected chi connectivity index (χ2v) is 9.57. The molecule has 1 fully saturated rings. The first-order valence-corrected chi connectivity index (χ1v) is 11.9. The van der Waals surface area contributed by atoms with Crippen LogP contribution in [-0.4, -0.2) is 42.9 Å². The minimum atomic E-state index is -0.367. The summed E-state index contributed by atoms with van der Waals surface area (Å²) in [4.78, 5) is 28.0. The van der Waals surface area contributed by atoms with Gasteiger partial charge in [-0.3, -0.25) is 4.79 Å².